The molecule has 1 aromatic carbocycles. The zero-order valence-corrected chi connectivity index (χ0v) is 13.1. The first-order chi connectivity index (χ1) is 10.3. The third kappa shape index (κ3) is 4.00. The van der Waals surface area contributed by atoms with Crippen LogP contribution in [0.3, 0.4) is 0 Å². The predicted molar refractivity (Wildman–Crippen MR) is 78.1 cm³/mol. The topological polar surface area (TPSA) is 49.4 Å². The second-order valence-corrected chi connectivity index (χ2v) is 5.89. The maximum Gasteiger partial charge on any atom is 0.471 e. The molecule has 1 fully saturated rings. The Kier molecular flexibility index (Phi) is 5.10. The highest BCUT2D eigenvalue weighted by Gasteiger charge is 2.43. The van der Waals surface area contributed by atoms with Crippen LogP contribution in [0.4, 0.5) is 18.9 Å². The molecule has 0 atom stereocenters. The van der Waals surface area contributed by atoms with Gasteiger partial charge >= 0.3 is 12.1 Å². The van der Waals surface area contributed by atoms with Gasteiger partial charge in [-0.15, -0.1) is 0 Å². The van der Waals surface area contributed by atoms with E-state index in [4.69, 9.17) is 0 Å². The van der Waals surface area contributed by atoms with Gasteiger partial charge in [-0.3, -0.25) is 9.59 Å². The van der Waals surface area contributed by atoms with Crippen LogP contribution in [0, 0.1) is 5.92 Å². The minimum Gasteiger partial charge on any atom is -0.335 e. The number of anilines is 1. The van der Waals surface area contributed by atoms with E-state index in [0.717, 1.165) is 9.37 Å². The lowest BCUT2D eigenvalue weighted by Crippen LogP contribution is -2.46. The highest BCUT2D eigenvalue weighted by atomic mass is 79.9. The summed E-state index contributed by atoms with van der Waals surface area (Å²) in [6.07, 6.45) is -4.42. The van der Waals surface area contributed by atoms with Crippen molar-refractivity contribution in [1.29, 1.82) is 0 Å². The minimum atomic E-state index is -4.86. The largest absolute Gasteiger partial charge is 0.471 e. The monoisotopic (exact) mass is 378 g/mol. The molecule has 0 aromatic heterocycles. The molecule has 1 heterocycles. The highest BCUT2D eigenvalue weighted by Crippen LogP contribution is 2.26. The second-order valence-electron chi connectivity index (χ2n) is 5.03. The summed E-state index contributed by atoms with van der Waals surface area (Å²) in [5.41, 5.74) is 0.612. The molecule has 120 valence electrons. The molecule has 1 aliphatic rings. The van der Waals surface area contributed by atoms with Gasteiger partial charge in [0.2, 0.25) is 5.91 Å². The van der Waals surface area contributed by atoms with Crippen molar-refractivity contribution >= 4 is 33.4 Å². The maximum absolute atomic E-state index is 12.3. The Balaban J connectivity index is 1.90. The molecular formula is C14H14BrF3N2O2. The summed E-state index contributed by atoms with van der Waals surface area (Å²) in [4.78, 5) is 24.0. The van der Waals surface area contributed by atoms with Crippen LogP contribution in [0.15, 0.2) is 28.7 Å². The Labute approximate surface area is 133 Å². The molecule has 0 radical (unpaired) electrons. The molecule has 0 saturated carbocycles. The van der Waals surface area contributed by atoms with E-state index in [0.29, 0.717) is 5.69 Å². The summed E-state index contributed by atoms with van der Waals surface area (Å²) < 4.78 is 37.8. The molecule has 0 unspecified atom stereocenters. The van der Waals surface area contributed by atoms with Gasteiger partial charge in [-0.25, -0.2) is 0 Å². The van der Waals surface area contributed by atoms with E-state index >= 15 is 0 Å². The molecule has 1 aromatic rings. The zero-order chi connectivity index (χ0) is 16.3. The Bertz CT molecular complexity index is 569. The number of piperidine rings is 1. The molecule has 1 aliphatic heterocycles. The highest BCUT2D eigenvalue weighted by molar-refractivity contribution is 9.10. The van der Waals surface area contributed by atoms with Gasteiger partial charge in [-0.1, -0.05) is 12.1 Å². The number of benzene rings is 1. The second kappa shape index (κ2) is 6.68. The van der Waals surface area contributed by atoms with Crippen molar-refractivity contribution in [3.8, 4) is 0 Å². The summed E-state index contributed by atoms with van der Waals surface area (Å²) in [5, 5.41) is 2.74. The van der Waals surface area contributed by atoms with Crippen molar-refractivity contribution in [2.75, 3.05) is 18.4 Å². The van der Waals surface area contributed by atoms with Gasteiger partial charge in [0.25, 0.3) is 0 Å². The van der Waals surface area contributed by atoms with Gasteiger partial charge in [0.05, 0.1) is 5.69 Å². The van der Waals surface area contributed by atoms with Crippen molar-refractivity contribution in [2.24, 2.45) is 5.92 Å². The van der Waals surface area contributed by atoms with E-state index in [2.05, 4.69) is 21.2 Å². The molecule has 4 nitrogen and oxygen atoms in total. The van der Waals surface area contributed by atoms with Gasteiger partial charge in [0.1, 0.15) is 0 Å². The molecular weight excluding hydrogens is 365 g/mol. The number of hydrogen-bond donors (Lipinski definition) is 1. The molecule has 22 heavy (non-hydrogen) atoms. The predicted octanol–water partition coefficient (Wildman–Crippen LogP) is 3.19. The lowest BCUT2D eigenvalue weighted by atomic mass is 9.95. The Morgan fingerprint density at radius 2 is 1.77 bits per heavy atom. The quantitative estimate of drug-likeness (QED) is 0.858. The van der Waals surface area contributed by atoms with Crippen LogP contribution in [0.2, 0.25) is 0 Å². The van der Waals surface area contributed by atoms with Gasteiger partial charge in [-0.05, 0) is 40.9 Å². The zero-order valence-electron chi connectivity index (χ0n) is 11.5. The SMILES string of the molecule is O=C(Nc1ccccc1Br)C1CCN(C(=O)C(F)(F)F)CC1. The Hall–Kier alpha value is -1.57. The van der Waals surface area contributed by atoms with Crippen molar-refractivity contribution in [3.63, 3.8) is 0 Å². The average molecular weight is 379 g/mol. The first-order valence-corrected chi connectivity index (χ1v) is 7.50. The summed E-state index contributed by atoms with van der Waals surface area (Å²) in [6, 6.07) is 7.08. The van der Waals surface area contributed by atoms with E-state index < -0.39 is 18.0 Å². The number of nitrogens with one attached hydrogen (secondary N) is 1. The Morgan fingerprint density at radius 3 is 2.32 bits per heavy atom. The number of carbonyl (C=O) groups is 2. The Morgan fingerprint density at radius 1 is 1.18 bits per heavy atom. The molecule has 0 aliphatic carbocycles. The normalized spacial score (nSPS) is 16.5. The van der Waals surface area contributed by atoms with Crippen molar-refractivity contribution in [1.82, 2.24) is 4.90 Å². The van der Waals surface area contributed by atoms with Crippen LogP contribution in [0.25, 0.3) is 0 Å². The molecule has 2 rings (SSSR count). The number of rotatable bonds is 2. The number of carbonyl (C=O) groups excluding carboxylic acids is 2. The van der Waals surface area contributed by atoms with E-state index in [9.17, 15) is 22.8 Å². The molecule has 8 heteroatoms. The van der Waals surface area contributed by atoms with Gasteiger partial charge < -0.3 is 10.2 Å². The van der Waals surface area contributed by atoms with Crippen molar-refractivity contribution in [3.05, 3.63) is 28.7 Å². The van der Waals surface area contributed by atoms with Gasteiger partial charge in [0, 0.05) is 23.5 Å². The number of alkyl halides is 3. The number of likely N-dealkylation sites (tertiary alicyclic amines) is 1. The number of amides is 2. The van der Waals surface area contributed by atoms with Gasteiger partial charge in [0.15, 0.2) is 0 Å². The van der Waals surface area contributed by atoms with Gasteiger partial charge in [-0.2, -0.15) is 13.2 Å². The summed E-state index contributed by atoms with van der Waals surface area (Å²) in [5.74, 6) is -2.48. The minimum absolute atomic E-state index is 0.0631. The smallest absolute Gasteiger partial charge is 0.335 e. The first kappa shape index (κ1) is 16.8. The fourth-order valence-corrected chi connectivity index (χ4v) is 2.71. The standard InChI is InChI=1S/C14H14BrF3N2O2/c15-10-3-1-2-4-11(10)19-12(21)9-5-7-20(8-6-9)13(22)14(16,17)18/h1-4,9H,5-8H2,(H,19,21). The molecule has 0 bridgehead atoms. The number of nitrogens with zero attached hydrogens (tertiary/aromatic N) is 1. The fourth-order valence-electron chi connectivity index (χ4n) is 2.32. The van der Waals surface area contributed by atoms with Crippen LogP contribution in [-0.4, -0.2) is 36.0 Å². The first-order valence-electron chi connectivity index (χ1n) is 6.70. The van der Waals surface area contributed by atoms with Crippen molar-refractivity contribution < 1.29 is 22.8 Å². The number of para-hydroxylation sites is 1. The third-order valence-corrected chi connectivity index (χ3v) is 4.22. The molecule has 0 spiro atoms. The third-order valence-electron chi connectivity index (χ3n) is 3.53. The van der Waals surface area contributed by atoms with Crippen LogP contribution in [0.5, 0.6) is 0 Å². The molecule has 1 N–H and O–H groups in total. The van der Waals surface area contributed by atoms with E-state index in [1.54, 1.807) is 24.3 Å². The maximum atomic E-state index is 12.3. The summed E-state index contributed by atoms with van der Waals surface area (Å²) in [6.45, 7) is -0.126. The van der Waals surface area contributed by atoms with E-state index in [-0.39, 0.29) is 31.8 Å². The van der Waals surface area contributed by atoms with E-state index in [1.807, 2.05) is 0 Å². The summed E-state index contributed by atoms with van der Waals surface area (Å²) in [7, 11) is 0. The molecule has 1 saturated heterocycles. The lowest BCUT2D eigenvalue weighted by molar-refractivity contribution is -0.186. The van der Waals surface area contributed by atoms with Crippen LogP contribution in [0.1, 0.15) is 12.8 Å². The van der Waals surface area contributed by atoms with E-state index in [1.165, 1.54) is 0 Å². The lowest BCUT2D eigenvalue weighted by Gasteiger charge is -2.31. The van der Waals surface area contributed by atoms with Crippen LogP contribution < -0.4 is 5.32 Å². The summed E-state index contributed by atoms with van der Waals surface area (Å²) >= 11 is 3.31. The number of hydrogen-bond acceptors (Lipinski definition) is 2. The van der Waals surface area contributed by atoms with Crippen molar-refractivity contribution in [2.45, 2.75) is 19.0 Å². The van der Waals surface area contributed by atoms with Crippen LogP contribution in [-0.2, 0) is 9.59 Å². The fraction of sp³-hybridized carbons (Fsp3) is 0.429. The number of halogens is 4. The molecule has 2 amide bonds. The van der Waals surface area contributed by atoms with Crippen LogP contribution >= 0.6 is 15.9 Å². The average Bonchev–Trinajstić information content (AvgIpc) is 2.48.